The van der Waals surface area contributed by atoms with Gasteiger partial charge in [0.2, 0.25) is 5.91 Å². The van der Waals surface area contributed by atoms with E-state index in [1.54, 1.807) is 0 Å². The van der Waals surface area contributed by atoms with Crippen LogP contribution >= 0.6 is 0 Å². The topological polar surface area (TPSA) is 44.4 Å². The fraction of sp³-hybridized carbons (Fsp3) is 0.750. The number of hydrogen-bond donors (Lipinski definition) is 2. The molecule has 2 aliphatic heterocycles. The quantitative estimate of drug-likeness (QED) is 0.665. The maximum atomic E-state index is 11.7. The highest BCUT2D eigenvalue weighted by Crippen LogP contribution is 2.09. The zero-order chi connectivity index (χ0) is 11.4. The van der Waals surface area contributed by atoms with Crippen LogP contribution < -0.4 is 10.6 Å². The van der Waals surface area contributed by atoms with Gasteiger partial charge in [-0.25, -0.2) is 0 Å². The number of nitrogens with one attached hydrogen (secondary N) is 2. The summed E-state index contributed by atoms with van der Waals surface area (Å²) in [6.07, 6.45) is 2.62. The van der Waals surface area contributed by atoms with Crippen molar-refractivity contribution in [3.05, 3.63) is 11.1 Å². The Kier molecular flexibility index (Phi) is 3.96. The van der Waals surface area contributed by atoms with Crippen molar-refractivity contribution in [3.8, 4) is 0 Å². The smallest absolute Gasteiger partial charge is 0.247 e. The second-order valence-electron chi connectivity index (χ2n) is 4.64. The third-order valence-electron chi connectivity index (χ3n) is 3.46. The van der Waals surface area contributed by atoms with Gasteiger partial charge in [0.15, 0.2) is 0 Å². The molecule has 0 radical (unpaired) electrons. The van der Waals surface area contributed by atoms with Crippen LogP contribution in [0.25, 0.3) is 0 Å². The molecule has 0 aromatic heterocycles. The number of carbonyl (C=O) groups excluding carboxylic acids is 1. The molecule has 2 aliphatic rings. The summed E-state index contributed by atoms with van der Waals surface area (Å²) in [5, 5.41) is 6.14. The lowest BCUT2D eigenvalue weighted by atomic mass is 10.0. The van der Waals surface area contributed by atoms with Gasteiger partial charge in [-0.1, -0.05) is 0 Å². The molecule has 0 spiro atoms. The van der Waals surface area contributed by atoms with Crippen LogP contribution in [0.3, 0.4) is 0 Å². The first-order valence-electron chi connectivity index (χ1n) is 6.17. The third kappa shape index (κ3) is 2.83. The van der Waals surface area contributed by atoms with Gasteiger partial charge in [-0.15, -0.1) is 0 Å². The molecule has 4 heteroatoms. The molecule has 2 rings (SSSR count). The van der Waals surface area contributed by atoms with E-state index in [0.29, 0.717) is 0 Å². The molecule has 0 aliphatic carbocycles. The molecular weight excluding hydrogens is 202 g/mol. The molecule has 2 N–H and O–H groups in total. The Bertz CT molecular complexity index is 287. The van der Waals surface area contributed by atoms with Gasteiger partial charge in [0.1, 0.15) is 0 Å². The van der Waals surface area contributed by atoms with Crippen LogP contribution in [0, 0.1) is 0 Å². The van der Waals surface area contributed by atoms with Crippen molar-refractivity contribution in [2.45, 2.75) is 19.8 Å². The van der Waals surface area contributed by atoms with Crippen molar-refractivity contribution in [1.29, 1.82) is 0 Å². The number of likely N-dealkylation sites (tertiary alicyclic amines) is 1. The third-order valence-corrected chi connectivity index (χ3v) is 3.46. The Balaban J connectivity index is 1.67. The zero-order valence-electron chi connectivity index (χ0n) is 10.0. The number of nitrogens with zero attached hydrogens (tertiary/aromatic N) is 1. The first-order valence-corrected chi connectivity index (χ1v) is 6.17. The minimum Gasteiger partial charge on any atom is -0.351 e. The standard InChI is InChI=1S/C12H21N3O/c1-10(11-8-13-9-11)12(16)14-4-7-15-5-2-3-6-15/h13H,2-9H2,1H3,(H,14,16). The zero-order valence-corrected chi connectivity index (χ0v) is 10.0. The summed E-state index contributed by atoms with van der Waals surface area (Å²) >= 11 is 0. The molecule has 0 saturated carbocycles. The largest absolute Gasteiger partial charge is 0.351 e. The molecular formula is C12H21N3O. The van der Waals surface area contributed by atoms with Crippen molar-refractivity contribution in [2.24, 2.45) is 0 Å². The van der Waals surface area contributed by atoms with Gasteiger partial charge in [0.25, 0.3) is 0 Å². The van der Waals surface area contributed by atoms with Crippen molar-refractivity contribution in [2.75, 3.05) is 39.3 Å². The molecule has 0 bridgehead atoms. The van der Waals surface area contributed by atoms with E-state index in [0.717, 1.165) is 31.8 Å². The summed E-state index contributed by atoms with van der Waals surface area (Å²) in [5.74, 6) is 0.107. The first kappa shape index (κ1) is 11.6. The van der Waals surface area contributed by atoms with Crippen molar-refractivity contribution >= 4 is 5.91 Å². The van der Waals surface area contributed by atoms with Gasteiger partial charge < -0.3 is 15.5 Å². The summed E-state index contributed by atoms with van der Waals surface area (Å²) in [6, 6.07) is 0. The molecule has 1 amide bonds. The fourth-order valence-corrected chi connectivity index (χ4v) is 2.14. The van der Waals surface area contributed by atoms with Crippen LogP contribution in [-0.2, 0) is 4.79 Å². The van der Waals surface area contributed by atoms with Crippen LogP contribution in [0.4, 0.5) is 0 Å². The Hall–Kier alpha value is -0.870. The summed E-state index contributed by atoms with van der Waals surface area (Å²) in [5.41, 5.74) is 2.15. The molecule has 0 atom stereocenters. The van der Waals surface area contributed by atoms with Gasteiger partial charge in [-0.2, -0.15) is 0 Å². The number of hydrogen-bond acceptors (Lipinski definition) is 3. The highest BCUT2D eigenvalue weighted by molar-refractivity contribution is 5.93. The highest BCUT2D eigenvalue weighted by Gasteiger charge is 2.16. The number of rotatable bonds is 4. The Morgan fingerprint density at radius 3 is 2.62 bits per heavy atom. The van der Waals surface area contributed by atoms with Crippen LogP contribution in [0.1, 0.15) is 19.8 Å². The molecule has 0 aromatic rings. The maximum Gasteiger partial charge on any atom is 0.247 e. The van der Waals surface area contributed by atoms with E-state index in [9.17, 15) is 4.79 Å². The van der Waals surface area contributed by atoms with Gasteiger partial charge in [-0.05, 0) is 38.4 Å². The van der Waals surface area contributed by atoms with Crippen LogP contribution in [0.5, 0.6) is 0 Å². The van der Waals surface area contributed by atoms with Crippen LogP contribution in [0.15, 0.2) is 11.1 Å². The SMILES string of the molecule is CC(C(=O)NCCN1CCCC1)=C1CNC1. The van der Waals surface area contributed by atoms with Gasteiger partial charge in [-0.3, -0.25) is 4.79 Å². The second kappa shape index (κ2) is 5.46. The Morgan fingerprint density at radius 2 is 2.06 bits per heavy atom. The second-order valence-corrected chi connectivity index (χ2v) is 4.64. The monoisotopic (exact) mass is 223 g/mol. The molecule has 2 fully saturated rings. The minimum atomic E-state index is 0.107. The highest BCUT2D eigenvalue weighted by atomic mass is 16.1. The molecule has 90 valence electrons. The lowest BCUT2D eigenvalue weighted by Crippen LogP contribution is -2.39. The number of amides is 1. The van der Waals surface area contributed by atoms with E-state index in [2.05, 4.69) is 15.5 Å². The van der Waals surface area contributed by atoms with E-state index in [4.69, 9.17) is 0 Å². The van der Waals surface area contributed by atoms with Crippen molar-refractivity contribution < 1.29 is 4.79 Å². The Labute approximate surface area is 97.1 Å². The first-order chi connectivity index (χ1) is 7.77. The summed E-state index contributed by atoms with van der Waals surface area (Å²) in [4.78, 5) is 14.1. The minimum absolute atomic E-state index is 0.107. The lowest BCUT2D eigenvalue weighted by molar-refractivity contribution is -0.117. The van der Waals surface area contributed by atoms with Crippen molar-refractivity contribution in [1.82, 2.24) is 15.5 Å². The summed E-state index contributed by atoms with van der Waals surface area (Å²) in [7, 11) is 0. The van der Waals surface area contributed by atoms with E-state index in [1.165, 1.54) is 31.5 Å². The predicted octanol–water partition coefficient (Wildman–Crippen LogP) is 0.118. The average molecular weight is 223 g/mol. The fourth-order valence-electron chi connectivity index (χ4n) is 2.14. The molecule has 16 heavy (non-hydrogen) atoms. The molecule has 0 aromatic carbocycles. The number of carbonyl (C=O) groups is 1. The normalized spacial score (nSPS) is 20.7. The van der Waals surface area contributed by atoms with E-state index in [1.807, 2.05) is 6.92 Å². The van der Waals surface area contributed by atoms with Gasteiger partial charge in [0, 0.05) is 31.8 Å². The average Bonchev–Trinajstić information content (AvgIpc) is 2.67. The summed E-state index contributed by atoms with van der Waals surface area (Å²) < 4.78 is 0. The van der Waals surface area contributed by atoms with Crippen LogP contribution in [0.2, 0.25) is 0 Å². The Morgan fingerprint density at radius 1 is 1.38 bits per heavy atom. The lowest BCUT2D eigenvalue weighted by Gasteiger charge is -2.22. The molecule has 2 saturated heterocycles. The predicted molar refractivity (Wildman–Crippen MR) is 64.3 cm³/mol. The van der Waals surface area contributed by atoms with E-state index < -0.39 is 0 Å². The van der Waals surface area contributed by atoms with Gasteiger partial charge >= 0.3 is 0 Å². The molecule has 4 nitrogen and oxygen atoms in total. The van der Waals surface area contributed by atoms with Crippen molar-refractivity contribution in [3.63, 3.8) is 0 Å². The van der Waals surface area contributed by atoms with E-state index in [-0.39, 0.29) is 5.91 Å². The summed E-state index contributed by atoms with van der Waals surface area (Å²) in [6.45, 7) is 7.83. The maximum absolute atomic E-state index is 11.7. The van der Waals surface area contributed by atoms with Crippen LogP contribution in [-0.4, -0.2) is 50.1 Å². The van der Waals surface area contributed by atoms with Gasteiger partial charge in [0.05, 0.1) is 0 Å². The molecule has 0 unspecified atom stereocenters. The van der Waals surface area contributed by atoms with E-state index >= 15 is 0 Å². The molecule has 2 heterocycles.